The number of hydrogen-bond donors (Lipinski definition) is 1. The molecule has 2 aromatic rings. The van der Waals surface area contributed by atoms with E-state index in [4.69, 9.17) is 11.6 Å². The van der Waals surface area contributed by atoms with Crippen LogP contribution in [0.15, 0.2) is 48.5 Å². The minimum Gasteiger partial charge on any atom is -0.344 e. The number of amides is 3. The van der Waals surface area contributed by atoms with Gasteiger partial charge in [0.1, 0.15) is 6.04 Å². The number of rotatable bonds is 5. The first kappa shape index (κ1) is 20.4. The van der Waals surface area contributed by atoms with Crippen molar-refractivity contribution in [1.82, 2.24) is 5.32 Å². The third kappa shape index (κ3) is 4.33. The van der Waals surface area contributed by atoms with Crippen molar-refractivity contribution >= 4 is 40.7 Å². The summed E-state index contributed by atoms with van der Waals surface area (Å²) in [7, 11) is 0. The van der Waals surface area contributed by atoms with Gasteiger partial charge in [0, 0.05) is 25.2 Å². The van der Waals surface area contributed by atoms with Gasteiger partial charge < -0.3 is 15.1 Å². The molecule has 1 N–H and O–H groups in total. The van der Waals surface area contributed by atoms with Crippen molar-refractivity contribution in [2.45, 2.75) is 38.1 Å². The van der Waals surface area contributed by atoms with E-state index >= 15 is 0 Å². The molecule has 2 fully saturated rings. The fraction of sp³-hybridized carbons (Fsp3) is 0.348. The second-order valence-electron chi connectivity index (χ2n) is 7.70. The molecule has 2 aromatic carbocycles. The monoisotopic (exact) mass is 425 g/mol. The van der Waals surface area contributed by atoms with Crippen molar-refractivity contribution in [3.8, 4) is 0 Å². The predicted octanol–water partition coefficient (Wildman–Crippen LogP) is 3.32. The van der Waals surface area contributed by atoms with E-state index in [-0.39, 0.29) is 24.1 Å². The van der Waals surface area contributed by atoms with Crippen molar-refractivity contribution in [1.29, 1.82) is 0 Å². The van der Waals surface area contributed by atoms with Crippen molar-refractivity contribution < 1.29 is 14.4 Å². The predicted molar refractivity (Wildman–Crippen MR) is 117 cm³/mol. The summed E-state index contributed by atoms with van der Waals surface area (Å²) in [5, 5.41) is 3.40. The van der Waals surface area contributed by atoms with Crippen LogP contribution in [0.3, 0.4) is 0 Å². The van der Waals surface area contributed by atoms with E-state index in [9.17, 15) is 14.4 Å². The number of nitrogens with zero attached hydrogens (tertiary/aromatic N) is 2. The minimum atomic E-state index is -0.552. The molecule has 1 atom stereocenters. The van der Waals surface area contributed by atoms with E-state index in [2.05, 4.69) is 5.32 Å². The van der Waals surface area contributed by atoms with Gasteiger partial charge in [-0.1, -0.05) is 35.9 Å². The van der Waals surface area contributed by atoms with Crippen LogP contribution in [0, 0.1) is 0 Å². The molecule has 2 aliphatic heterocycles. The van der Waals surface area contributed by atoms with Gasteiger partial charge in [0.15, 0.2) is 0 Å². The van der Waals surface area contributed by atoms with Crippen LogP contribution in [-0.4, -0.2) is 36.9 Å². The van der Waals surface area contributed by atoms with E-state index in [0.29, 0.717) is 30.1 Å². The smallest absolute Gasteiger partial charge is 0.249 e. The molecular weight excluding hydrogens is 402 g/mol. The van der Waals surface area contributed by atoms with E-state index in [0.717, 1.165) is 30.6 Å². The number of anilines is 2. The van der Waals surface area contributed by atoms with E-state index < -0.39 is 6.04 Å². The fourth-order valence-electron chi connectivity index (χ4n) is 4.06. The zero-order valence-corrected chi connectivity index (χ0v) is 17.4. The third-order valence-electron chi connectivity index (χ3n) is 5.60. The van der Waals surface area contributed by atoms with Crippen molar-refractivity contribution in [2.24, 2.45) is 0 Å². The number of hydrogen-bond acceptors (Lipinski definition) is 3. The maximum Gasteiger partial charge on any atom is 0.249 e. The molecule has 30 heavy (non-hydrogen) atoms. The van der Waals surface area contributed by atoms with Crippen LogP contribution in [0.4, 0.5) is 11.4 Å². The Labute approximate surface area is 180 Å². The van der Waals surface area contributed by atoms with Gasteiger partial charge >= 0.3 is 0 Å². The Morgan fingerprint density at radius 2 is 1.73 bits per heavy atom. The SMILES string of the molecule is O=C(Cc1ccc(N2CCCC2=O)cc1)NC1CCCN(c2ccccc2Cl)C1=O. The second-order valence-corrected chi connectivity index (χ2v) is 8.10. The largest absolute Gasteiger partial charge is 0.344 e. The average molecular weight is 426 g/mol. The van der Waals surface area contributed by atoms with E-state index in [1.54, 1.807) is 15.9 Å². The Balaban J connectivity index is 1.37. The standard InChI is InChI=1S/C23H24ClN3O3/c24-18-5-1-2-7-20(18)27-14-3-6-19(23(27)30)25-21(28)15-16-9-11-17(12-10-16)26-13-4-8-22(26)29/h1-2,5,7,9-12,19H,3-4,6,8,13-15H2,(H,25,28). The molecule has 0 spiro atoms. The molecule has 0 radical (unpaired) electrons. The van der Waals surface area contributed by atoms with E-state index in [1.807, 2.05) is 42.5 Å². The highest BCUT2D eigenvalue weighted by Crippen LogP contribution is 2.28. The quantitative estimate of drug-likeness (QED) is 0.798. The number of nitrogens with one attached hydrogen (secondary N) is 1. The van der Waals surface area contributed by atoms with Gasteiger partial charge in [-0.2, -0.15) is 0 Å². The Hall–Kier alpha value is -2.86. The molecule has 4 rings (SSSR count). The lowest BCUT2D eigenvalue weighted by molar-refractivity contribution is -0.128. The first-order valence-electron chi connectivity index (χ1n) is 10.3. The molecule has 2 heterocycles. The topological polar surface area (TPSA) is 69.7 Å². The lowest BCUT2D eigenvalue weighted by Gasteiger charge is -2.33. The molecule has 0 aromatic heterocycles. The van der Waals surface area contributed by atoms with Gasteiger partial charge in [-0.3, -0.25) is 14.4 Å². The number of carbonyl (C=O) groups excluding carboxylic acids is 3. The van der Waals surface area contributed by atoms with Crippen LogP contribution >= 0.6 is 11.6 Å². The van der Waals surface area contributed by atoms with Gasteiger partial charge in [-0.15, -0.1) is 0 Å². The zero-order valence-electron chi connectivity index (χ0n) is 16.6. The summed E-state index contributed by atoms with van der Waals surface area (Å²) in [4.78, 5) is 40.7. The first-order valence-corrected chi connectivity index (χ1v) is 10.7. The van der Waals surface area contributed by atoms with Gasteiger partial charge in [-0.05, 0) is 49.1 Å². The Morgan fingerprint density at radius 1 is 1.00 bits per heavy atom. The molecule has 0 saturated carbocycles. The van der Waals surface area contributed by atoms with Crippen LogP contribution in [0.5, 0.6) is 0 Å². The molecule has 0 aliphatic carbocycles. The van der Waals surface area contributed by atoms with E-state index in [1.165, 1.54) is 0 Å². The molecule has 1 unspecified atom stereocenters. The Morgan fingerprint density at radius 3 is 2.43 bits per heavy atom. The number of para-hydroxylation sites is 1. The molecular formula is C23H24ClN3O3. The van der Waals surface area contributed by atoms with Crippen LogP contribution in [0.2, 0.25) is 5.02 Å². The molecule has 2 saturated heterocycles. The molecule has 7 heteroatoms. The molecule has 0 bridgehead atoms. The van der Waals surface area contributed by atoms with Crippen molar-refractivity contribution in [3.63, 3.8) is 0 Å². The lowest BCUT2D eigenvalue weighted by atomic mass is 10.0. The lowest BCUT2D eigenvalue weighted by Crippen LogP contribution is -2.52. The maximum atomic E-state index is 12.9. The van der Waals surface area contributed by atoms with Gasteiger partial charge in [-0.25, -0.2) is 0 Å². The second kappa shape index (κ2) is 8.88. The number of piperidine rings is 1. The first-order chi connectivity index (χ1) is 14.5. The summed E-state index contributed by atoms with van der Waals surface area (Å²) in [5.74, 6) is -0.190. The third-order valence-corrected chi connectivity index (χ3v) is 5.92. The Bertz CT molecular complexity index is 960. The van der Waals surface area contributed by atoms with Crippen LogP contribution in [-0.2, 0) is 20.8 Å². The molecule has 6 nitrogen and oxygen atoms in total. The normalized spacial score (nSPS) is 19.3. The molecule has 156 valence electrons. The van der Waals surface area contributed by atoms with Crippen LogP contribution < -0.4 is 15.1 Å². The number of carbonyl (C=O) groups is 3. The highest BCUT2D eigenvalue weighted by atomic mass is 35.5. The molecule has 2 aliphatic rings. The fourth-order valence-corrected chi connectivity index (χ4v) is 4.30. The summed E-state index contributed by atoms with van der Waals surface area (Å²) in [6.45, 7) is 1.33. The number of benzene rings is 2. The van der Waals surface area contributed by atoms with Crippen LogP contribution in [0.25, 0.3) is 0 Å². The highest BCUT2D eigenvalue weighted by Gasteiger charge is 2.31. The summed E-state index contributed by atoms with van der Waals surface area (Å²) in [5.41, 5.74) is 2.38. The van der Waals surface area contributed by atoms with Crippen molar-refractivity contribution in [3.05, 3.63) is 59.1 Å². The average Bonchev–Trinajstić information content (AvgIpc) is 3.17. The number of halogens is 1. The van der Waals surface area contributed by atoms with Crippen LogP contribution in [0.1, 0.15) is 31.2 Å². The van der Waals surface area contributed by atoms with Gasteiger partial charge in [0.05, 0.1) is 17.1 Å². The van der Waals surface area contributed by atoms with Gasteiger partial charge in [0.2, 0.25) is 17.7 Å². The zero-order chi connectivity index (χ0) is 21.1. The summed E-state index contributed by atoms with van der Waals surface area (Å²) in [6.07, 6.45) is 3.06. The van der Waals surface area contributed by atoms with Crippen molar-refractivity contribution in [2.75, 3.05) is 22.9 Å². The summed E-state index contributed by atoms with van der Waals surface area (Å²) in [6, 6.07) is 14.2. The maximum absolute atomic E-state index is 12.9. The summed E-state index contributed by atoms with van der Waals surface area (Å²) >= 11 is 6.25. The highest BCUT2D eigenvalue weighted by molar-refractivity contribution is 6.33. The molecule has 3 amide bonds. The Kier molecular flexibility index (Phi) is 6.04. The minimum absolute atomic E-state index is 0.134. The summed E-state index contributed by atoms with van der Waals surface area (Å²) < 4.78 is 0. The van der Waals surface area contributed by atoms with Gasteiger partial charge in [0.25, 0.3) is 0 Å².